The molecule has 0 unspecified atom stereocenters. The standard InChI is InChI=1S/C13H13Cl2N3/c1-2-18(9-10-6-4-3-5-7-10)12-11(14)8-16-13(15)17-12/h3-8H,2,9H2,1H3. The molecule has 0 amide bonds. The van der Waals surface area contributed by atoms with Gasteiger partial charge in [-0.2, -0.15) is 4.98 Å². The van der Waals surface area contributed by atoms with E-state index in [9.17, 15) is 0 Å². The molecule has 1 aromatic heterocycles. The Kier molecular flexibility index (Phi) is 4.39. The zero-order valence-electron chi connectivity index (χ0n) is 9.98. The minimum Gasteiger partial charge on any atom is -0.351 e. The third-order valence-corrected chi connectivity index (χ3v) is 3.04. The highest BCUT2D eigenvalue weighted by Gasteiger charge is 2.12. The molecule has 0 saturated carbocycles. The van der Waals surface area contributed by atoms with E-state index in [0.717, 1.165) is 13.1 Å². The molecule has 0 aliphatic rings. The zero-order chi connectivity index (χ0) is 13.0. The van der Waals surface area contributed by atoms with E-state index in [4.69, 9.17) is 23.2 Å². The van der Waals surface area contributed by atoms with Crippen LogP contribution >= 0.6 is 23.2 Å². The number of anilines is 1. The number of benzene rings is 1. The SMILES string of the molecule is CCN(Cc1ccccc1)c1nc(Cl)ncc1Cl. The Morgan fingerprint density at radius 3 is 2.56 bits per heavy atom. The molecule has 0 aliphatic heterocycles. The summed E-state index contributed by atoms with van der Waals surface area (Å²) in [5.74, 6) is 0.669. The largest absolute Gasteiger partial charge is 0.351 e. The van der Waals surface area contributed by atoms with Crippen molar-refractivity contribution in [1.29, 1.82) is 0 Å². The van der Waals surface area contributed by atoms with E-state index in [1.807, 2.05) is 18.2 Å². The summed E-state index contributed by atoms with van der Waals surface area (Å²) >= 11 is 11.9. The Balaban J connectivity index is 2.26. The summed E-state index contributed by atoms with van der Waals surface area (Å²) in [5, 5.41) is 0.720. The number of hydrogen-bond donors (Lipinski definition) is 0. The van der Waals surface area contributed by atoms with Gasteiger partial charge in [0, 0.05) is 13.1 Å². The number of halogens is 2. The van der Waals surface area contributed by atoms with Crippen molar-refractivity contribution in [1.82, 2.24) is 9.97 Å². The van der Waals surface area contributed by atoms with Crippen LogP contribution in [0, 0.1) is 0 Å². The second kappa shape index (κ2) is 6.03. The van der Waals surface area contributed by atoms with Crippen LogP contribution in [0.2, 0.25) is 10.3 Å². The molecule has 18 heavy (non-hydrogen) atoms. The smallest absolute Gasteiger partial charge is 0.224 e. The Hall–Kier alpha value is -1.32. The van der Waals surface area contributed by atoms with Gasteiger partial charge in [-0.1, -0.05) is 41.9 Å². The molecule has 0 fully saturated rings. The summed E-state index contributed by atoms with van der Waals surface area (Å²) in [6.45, 7) is 3.58. The van der Waals surface area contributed by atoms with Crippen LogP contribution < -0.4 is 4.90 Å². The molecule has 1 heterocycles. The molecule has 0 spiro atoms. The van der Waals surface area contributed by atoms with E-state index in [0.29, 0.717) is 10.8 Å². The Morgan fingerprint density at radius 1 is 1.17 bits per heavy atom. The van der Waals surface area contributed by atoms with Crippen molar-refractivity contribution in [2.24, 2.45) is 0 Å². The Bertz CT molecular complexity index is 517. The highest BCUT2D eigenvalue weighted by molar-refractivity contribution is 6.33. The normalized spacial score (nSPS) is 10.4. The van der Waals surface area contributed by atoms with E-state index in [1.54, 1.807) is 0 Å². The predicted molar refractivity (Wildman–Crippen MR) is 75.2 cm³/mol. The van der Waals surface area contributed by atoms with Gasteiger partial charge in [-0.25, -0.2) is 4.98 Å². The summed E-state index contributed by atoms with van der Waals surface area (Å²) < 4.78 is 0. The second-order valence-electron chi connectivity index (χ2n) is 3.81. The number of hydrogen-bond acceptors (Lipinski definition) is 3. The number of nitrogens with zero attached hydrogens (tertiary/aromatic N) is 3. The molecule has 0 radical (unpaired) electrons. The van der Waals surface area contributed by atoms with Gasteiger partial charge in [0.25, 0.3) is 0 Å². The van der Waals surface area contributed by atoms with E-state index >= 15 is 0 Å². The van der Waals surface area contributed by atoms with Crippen molar-refractivity contribution in [2.45, 2.75) is 13.5 Å². The van der Waals surface area contributed by atoms with Crippen LogP contribution in [0.4, 0.5) is 5.82 Å². The quantitative estimate of drug-likeness (QED) is 0.798. The first-order chi connectivity index (χ1) is 8.70. The lowest BCUT2D eigenvalue weighted by atomic mass is 10.2. The molecule has 0 aliphatic carbocycles. The monoisotopic (exact) mass is 281 g/mol. The molecular formula is C13H13Cl2N3. The second-order valence-corrected chi connectivity index (χ2v) is 4.56. The minimum absolute atomic E-state index is 0.209. The van der Waals surface area contributed by atoms with Crippen molar-refractivity contribution in [3.8, 4) is 0 Å². The maximum Gasteiger partial charge on any atom is 0.224 e. The lowest BCUT2D eigenvalue weighted by Crippen LogP contribution is -2.23. The lowest BCUT2D eigenvalue weighted by molar-refractivity contribution is 0.810. The molecule has 5 heteroatoms. The van der Waals surface area contributed by atoms with Crippen LogP contribution in [-0.2, 0) is 6.54 Å². The van der Waals surface area contributed by atoms with E-state index < -0.39 is 0 Å². The van der Waals surface area contributed by atoms with Crippen LogP contribution in [0.1, 0.15) is 12.5 Å². The van der Waals surface area contributed by atoms with Gasteiger partial charge in [-0.3, -0.25) is 0 Å². The van der Waals surface area contributed by atoms with Gasteiger partial charge in [-0.05, 0) is 24.1 Å². The molecule has 0 saturated heterocycles. The van der Waals surface area contributed by atoms with Gasteiger partial charge in [0.05, 0.1) is 6.20 Å². The van der Waals surface area contributed by atoms with E-state index in [1.165, 1.54) is 11.8 Å². The van der Waals surface area contributed by atoms with Crippen LogP contribution in [0.15, 0.2) is 36.5 Å². The van der Waals surface area contributed by atoms with Crippen molar-refractivity contribution in [3.63, 3.8) is 0 Å². The molecule has 0 atom stereocenters. The minimum atomic E-state index is 0.209. The summed E-state index contributed by atoms with van der Waals surface area (Å²) in [4.78, 5) is 10.1. The molecule has 0 bridgehead atoms. The molecule has 3 nitrogen and oxygen atoms in total. The number of rotatable bonds is 4. The maximum absolute atomic E-state index is 6.11. The zero-order valence-corrected chi connectivity index (χ0v) is 11.5. The topological polar surface area (TPSA) is 29.0 Å². The van der Waals surface area contributed by atoms with Gasteiger partial charge in [0.2, 0.25) is 5.28 Å². The predicted octanol–water partition coefficient (Wildman–Crippen LogP) is 3.81. The Morgan fingerprint density at radius 2 is 1.89 bits per heavy atom. The molecule has 1 aromatic carbocycles. The average Bonchev–Trinajstić information content (AvgIpc) is 2.40. The lowest BCUT2D eigenvalue weighted by Gasteiger charge is -2.22. The number of aromatic nitrogens is 2. The van der Waals surface area contributed by atoms with Crippen LogP contribution in [0.25, 0.3) is 0 Å². The van der Waals surface area contributed by atoms with Gasteiger partial charge in [0.15, 0.2) is 5.82 Å². The van der Waals surface area contributed by atoms with Crippen molar-refractivity contribution >= 4 is 29.0 Å². The van der Waals surface area contributed by atoms with Gasteiger partial charge in [-0.15, -0.1) is 0 Å². The fraction of sp³-hybridized carbons (Fsp3) is 0.231. The Labute approximate surface area is 116 Å². The molecule has 0 N–H and O–H groups in total. The van der Waals surface area contributed by atoms with Gasteiger partial charge < -0.3 is 4.90 Å². The van der Waals surface area contributed by atoms with Gasteiger partial charge >= 0.3 is 0 Å². The summed E-state index contributed by atoms with van der Waals surface area (Å²) in [6, 6.07) is 10.2. The fourth-order valence-corrected chi connectivity index (χ4v) is 2.04. The van der Waals surface area contributed by atoms with Crippen LogP contribution in [0.3, 0.4) is 0 Å². The summed E-state index contributed by atoms with van der Waals surface area (Å²) in [5.41, 5.74) is 1.20. The first kappa shape index (κ1) is 13.1. The average molecular weight is 282 g/mol. The first-order valence-electron chi connectivity index (χ1n) is 5.67. The van der Waals surface area contributed by atoms with Crippen LogP contribution in [0.5, 0.6) is 0 Å². The maximum atomic E-state index is 6.11. The third kappa shape index (κ3) is 3.12. The molecular weight excluding hydrogens is 269 g/mol. The highest BCUT2D eigenvalue weighted by Crippen LogP contribution is 2.25. The van der Waals surface area contributed by atoms with E-state index in [2.05, 4.69) is 33.9 Å². The highest BCUT2D eigenvalue weighted by atomic mass is 35.5. The fourth-order valence-electron chi connectivity index (χ4n) is 1.70. The van der Waals surface area contributed by atoms with E-state index in [-0.39, 0.29) is 5.28 Å². The molecule has 2 aromatic rings. The first-order valence-corrected chi connectivity index (χ1v) is 6.43. The van der Waals surface area contributed by atoms with Gasteiger partial charge in [0.1, 0.15) is 5.02 Å². The molecule has 94 valence electrons. The third-order valence-electron chi connectivity index (χ3n) is 2.59. The van der Waals surface area contributed by atoms with Crippen molar-refractivity contribution < 1.29 is 0 Å². The summed E-state index contributed by atoms with van der Waals surface area (Å²) in [6.07, 6.45) is 1.53. The van der Waals surface area contributed by atoms with Crippen LogP contribution in [-0.4, -0.2) is 16.5 Å². The summed E-state index contributed by atoms with van der Waals surface area (Å²) in [7, 11) is 0. The van der Waals surface area contributed by atoms with Crippen molar-refractivity contribution in [2.75, 3.05) is 11.4 Å². The molecule has 2 rings (SSSR count). The van der Waals surface area contributed by atoms with Crippen molar-refractivity contribution in [3.05, 3.63) is 52.4 Å².